The van der Waals surface area contributed by atoms with Crippen molar-refractivity contribution >= 4 is 5.97 Å². The van der Waals surface area contributed by atoms with E-state index in [4.69, 9.17) is 9.84 Å². The van der Waals surface area contributed by atoms with Gasteiger partial charge in [-0.3, -0.25) is 0 Å². The van der Waals surface area contributed by atoms with E-state index >= 15 is 0 Å². The van der Waals surface area contributed by atoms with E-state index in [0.717, 1.165) is 13.0 Å². The summed E-state index contributed by atoms with van der Waals surface area (Å²) < 4.78 is 5.48. The Morgan fingerprint density at radius 1 is 1.58 bits per heavy atom. The van der Waals surface area contributed by atoms with E-state index in [1.807, 2.05) is 0 Å². The number of aromatic nitrogens is 2. The summed E-state index contributed by atoms with van der Waals surface area (Å²) in [7, 11) is 2.11. The SMILES string of the molecule is Cc1cc(C(=O)O)nc(OCCC2CCCN2C)n1. The van der Waals surface area contributed by atoms with Gasteiger partial charge in [0.2, 0.25) is 0 Å². The summed E-state index contributed by atoms with van der Waals surface area (Å²) in [5.74, 6) is -1.06. The number of carbonyl (C=O) groups is 1. The first-order valence-electron chi connectivity index (χ1n) is 6.48. The minimum atomic E-state index is -1.06. The normalized spacial score (nSPS) is 19.6. The number of hydrogen-bond acceptors (Lipinski definition) is 5. The minimum absolute atomic E-state index is 0.0273. The molecule has 0 radical (unpaired) electrons. The fourth-order valence-corrected chi connectivity index (χ4v) is 2.35. The van der Waals surface area contributed by atoms with Crippen molar-refractivity contribution in [1.29, 1.82) is 0 Å². The summed E-state index contributed by atoms with van der Waals surface area (Å²) in [6.45, 7) is 3.37. The van der Waals surface area contributed by atoms with Gasteiger partial charge in [-0.15, -0.1) is 0 Å². The molecule has 1 aliphatic rings. The van der Waals surface area contributed by atoms with Gasteiger partial charge in [0, 0.05) is 11.7 Å². The van der Waals surface area contributed by atoms with Crippen molar-refractivity contribution in [2.24, 2.45) is 0 Å². The van der Waals surface area contributed by atoms with Crippen molar-refractivity contribution in [2.45, 2.75) is 32.2 Å². The molecule has 1 aromatic heterocycles. The van der Waals surface area contributed by atoms with Crippen LogP contribution in [0.1, 0.15) is 35.4 Å². The average molecular weight is 265 g/mol. The Balaban J connectivity index is 1.90. The van der Waals surface area contributed by atoms with Crippen LogP contribution in [-0.4, -0.2) is 52.2 Å². The molecular weight excluding hydrogens is 246 g/mol. The van der Waals surface area contributed by atoms with Crippen LogP contribution >= 0.6 is 0 Å². The number of rotatable bonds is 5. The van der Waals surface area contributed by atoms with Crippen molar-refractivity contribution in [3.63, 3.8) is 0 Å². The number of likely N-dealkylation sites (tertiary alicyclic amines) is 1. The van der Waals surface area contributed by atoms with Crippen molar-refractivity contribution in [2.75, 3.05) is 20.2 Å². The highest BCUT2D eigenvalue weighted by atomic mass is 16.5. The number of nitrogens with zero attached hydrogens (tertiary/aromatic N) is 3. The second-order valence-corrected chi connectivity index (χ2v) is 4.90. The first kappa shape index (κ1) is 13.7. The Morgan fingerprint density at radius 2 is 2.37 bits per heavy atom. The summed E-state index contributed by atoms with van der Waals surface area (Å²) in [4.78, 5) is 21.2. The third-order valence-corrected chi connectivity index (χ3v) is 3.41. The number of aromatic carboxylic acids is 1. The maximum absolute atomic E-state index is 10.9. The predicted octanol–water partition coefficient (Wildman–Crippen LogP) is 1.35. The maximum Gasteiger partial charge on any atom is 0.354 e. The van der Waals surface area contributed by atoms with E-state index in [9.17, 15) is 4.79 Å². The minimum Gasteiger partial charge on any atom is -0.477 e. The van der Waals surface area contributed by atoms with Crippen LogP contribution in [0.15, 0.2) is 6.07 Å². The van der Waals surface area contributed by atoms with Crippen LogP contribution in [0, 0.1) is 6.92 Å². The maximum atomic E-state index is 10.9. The first-order chi connectivity index (χ1) is 9.06. The van der Waals surface area contributed by atoms with Crippen LogP contribution in [0.3, 0.4) is 0 Å². The highest BCUT2D eigenvalue weighted by molar-refractivity contribution is 5.85. The van der Waals surface area contributed by atoms with Crippen LogP contribution in [0.5, 0.6) is 6.01 Å². The topological polar surface area (TPSA) is 75.6 Å². The monoisotopic (exact) mass is 265 g/mol. The van der Waals surface area contributed by atoms with Crippen molar-refractivity contribution in [1.82, 2.24) is 14.9 Å². The van der Waals surface area contributed by atoms with E-state index in [2.05, 4.69) is 21.9 Å². The molecule has 0 saturated carbocycles. The van der Waals surface area contributed by atoms with Gasteiger partial charge in [-0.25, -0.2) is 9.78 Å². The highest BCUT2D eigenvalue weighted by Crippen LogP contribution is 2.18. The van der Waals surface area contributed by atoms with E-state index in [1.54, 1.807) is 6.92 Å². The van der Waals surface area contributed by atoms with Gasteiger partial charge in [-0.2, -0.15) is 4.98 Å². The van der Waals surface area contributed by atoms with Crippen LogP contribution in [0.25, 0.3) is 0 Å². The molecule has 1 aliphatic heterocycles. The lowest BCUT2D eigenvalue weighted by molar-refractivity contribution is 0.0688. The Hall–Kier alpha value is -1.69. The molecule has 0 aromatic carbocycles. The third kappa shape index (κ3) is 3.64. The molecule has 0 aliphatic carbocycles. The van der Waals surface area contributed by atoms with Gasteiger partial charge >= 0.3 is 12.0 Å². The summed E-state index contributed by atoms with van der Waals surface area (Å²) in [6.07, 6.45) is 3.33. The van der Waals surface area contributed by atoms with Gasteiger partial charge < -0.3 is 14.7 Å². The lowest BCUT2D eigenvalue weighted by Crippen LogP contribution is -2.26. The lowest BCUT2D eigenvalue weighted by atomic mass is 10.2. The summed E-state index contributed by atoms with van der Waals surface area (Å²) in [5.41, 5.74) is 0.570. The number of carboxylic acids is 1. The zero-order valence-corrected chi connectivity index (χ0v) is 11.3. The molecule has 1 unspecified atom stereocenters. The molecule has 1 fully saturated rings. The molecule has 6 nitrogen and oxygen atoms in total. The highest BCUT2D eigenvalue weighted by Gasteiger charge is 2.20. The Bertz CT molecular complexity index is 464. The van der Waals surface area contributed by atoms with Crippen LogP contribution in [-0.2, 0) is 0 Å². The first-order valence-corrected chi connectivity index (χ1v) is 6.48. The fraction of sp³-hybridized carbons (Fsp3) is 0.615. The van der Waals surface area contributed by atoms with Crippen molar-refractivity contribution in [3.05, 3.63) is 17.5 Å². The molecule has 2 heterocycles. The summed E-state index contributed by atoms with van der Waals surface area (Å²) in [6, 6.07) is 2.13. The van der Waals surface area contributed by atoms with Gasteiger partial charge in [0.1, 0.15) is 0 Å². The molecule has 2 rings (SSSR count). The molecular formula is C13H19N3O3. The van der Waals surface area contributed by atoms with E-state index in [1.165, 1.54) is 18.9 Å². The molecule has 104 valence electrons. The molecule has 0 amide bonds. The second-order valence-electron chi connectivity index (χ2n) is 4.90. The molecule has 1 aromatic rings. The molecule has 1 atom stereocenters. The number of ether oxygens (including phenoxy) is 1. The molecule has 6 heteroatoms. The Kier molecular flexibility index (Phi) is 4.31. The number of aryl methyl sites for hydroxylation is 1. The second kappa shape index (κ2) is 5.97. The number of carboxylic acid groups (broad SMARTS) is 1. The lowest BCUT2D eigenvalue weighted by Gasteiger charge is -2.18. The van der Waals surface area contributed by atoms with Gasteiger partial charge in [-0.05, 0) is 45.8 Å². The summed E-state index contributed by atoms with van der Waals surface area (Å²) >= 11 is 0. The predicted molar refractivity (Wildman–Crippen MR) is 69.5 cm³/mol. The van der Waals surface area contributed by atoms with E-state index < -0.39 is 5.97 Å². The fourth-order valence-electron chi connectivity index (χ4n) is 2.35. The van der Waals surface area contributed by atoms with Gasteiger partial charge in [0.05, 0.1) is 6.61 Å². The molecule has 1 saturated heterocycles. The zero-order valence-electron chi connectivity index (χ0n) is 11.3. The summed E-state index contributed by atoms with van der Waals surface area (Å²) in [5, 5.41) is 8.91. The quantitative estimate of drug-likeness (QED) is 0.866. The van der Waals surface area contributed by atoms with Crippen LogP contribution in [0.2, 0.25) is 0 Å². The standard InChI is InChI=1S/C13H19N3O3/c1-9-8-11(12(17)18)15-13(14-9)19-7-5-10-4-3-6-16(10)2/h8,10H,3-7H2,1-2H3,(H,17,18). The van der Waals surface area contributed by atoms with Gasteiger partial charge in [0.15, 0.2) is 5.69 Å². The third-order valence-electron chi connectivity index (χ3n) is 3.41. The molecule has 0 bridgehead atoms. The Morgan fingerprint density at radius 3 is 3.00 bits per heavy atom. The average Bonchev–Trinajstić information content (AvgIpc) is 2.74. The van der Waals surface area contributed by atoms with E-state index in [0.29, 0.717) is 18.3 Å². The largest absolute Gasteiger partial charge is 0.477 e. The Labute approximate surface area is 112 Å². The van der Waals surface area contributed by atoms with Crippen molar-refractivity contribution in [3.8, 4) is 6.01 Å². The van der Waals surface area contributed by atoms with Crippen LogP contribution < -0.4 is 4.74 Å². The van der Waals surface area contributed by atoms with Crippen LogP contribution in [0.4, 0.5) is 0 Å². The molecule has 0 spiro atoms. The zero-order chi connectivity index (χ0) is 13.8. The van der Waals surface area contributed by atoms with Crippen molar-refractivity contribution < 1.29 is 14.6 Å². The van der Waals surface area contributed by atoms with Gasteiger partial charge in [0.25, 0.3) is 0 Å². The smallest absolute Gasteiger partial charge is 0.354 e. The molecule has 19 heavy (non-hydrogen) atoms. The number of hydrogen-bond donors (Lipinski definition) is 1. The molecule has 1 N–H and O–H groups in total. The van der Waals surface area contributed by atoms with Gasteiger partial charge in [-0.1, -0.05) is 0 Å². The van der Waals surface area contributed by atoms with E-state index in [-0.39, 0.29) is 11.7 Å².